The van der Waals surface area contributed by atoms with Crippen LogP contribution in [0.3, 0.4) is 0 Å². The van der Waals surface area contributed by atoms with Crippen LogP contribution in [0.25, 0.3) is 0 Å². The molecule has 0 aliphatic rings. The van der Waals surface area contributed by atoms with E-state index in [2.05, 4.69) is 0 Å². The molecule has 2 N–H and O–H groups in total. The SMILES string of the molecule is CCCc1c(Cl)c(O)cc(O)c1C(=O)OCC. The van der Waals surface area contributed by atoms with Crippen molar-refractivity contribution in [2.75, 3.05) is 6.61 Å². The molecule has 0 aliphatic heterocycles. The fraction of sp³-hybridized carbons (Fsp3) is 0.417. The van der Waals surface area contributed by atoms with Gasteiger partial charge >= 0.3 is 5.97 Å². The molecule has 0 unspecified atom stereocenters. The molecule has 0 bridgehead atoms. The first-order valence-corrected chi connectivity index (χ1v) is 5.81. The first kappa shape index (κ1) is 13.6. The molecule has 0 heterocycles. The summed E-state index contributed by atoms with van der Waals surface area (Å²) in [5, 5.41) is 19.3. The van der Waals surface area contributed by atoms with Crippen LogP contribution >= 0.6 is 11.6 Å². The van der Waals surface area contributed by atoms with Gasteiger partial charge in [-0.1, -0.05) is 24.9 Å². The van der Waals surface area contributed by atoms with Gasteiger partial charge in [-0.3, -0.25) is 0 Å². The van der Waals surface area contributed by atoms with Crippen molar-refractivity contribution in [3.63, 3.8) is 0 Å². The number of ether oxygens (including phenoxy) is 1. The maximum Gasteiger partial charge on any atom is 0.342 e. The lowest BCUT2D eigenvalue weighted by Crippen LogP contribution is -2.09. The van der Waals surface area contributed by atoms with Crippen molar-refractivity contribution < 1.29 is 19.7 Å². The average Bonchev–Trinajstić information content (AvgIpc) is 2.26. The molecule has 0 amide bonds. The van der Waals surface area contributed by atoms with Crippen LogP contribution < -0.4 is 0 Å². The van der Waals surface area contributed by atoms with Crippen LogP contribution in [0, 0.1) is 0 Å². The molecule has 0 atom stereocenters. The van der Waals surface area contributed by atoms with Crippen LogP contribution in [0.5, 0.6) is 11.5 Å². The topological polar surface area (TPSA) is 66.8 Å². The molecule has 4 nitrogen and oxygen atoms in total. The van der Waals surface area contributed by atoms with Crippen LogP contribution in [0.1, 0.15) is 36.2 Å². The number of carbonyl (C=O) groups is 1. The summed E-state index contributed by atoms with van der Waals surface area (Å²) in [5.41, 5.74) is 0.460. The summed E-state index contributed by atoms with van der Waals surface area (Å²) in [6.07, 6.45) is 1.21. The van der Waals surface area contributed by atoms with Gasteiger partial charge in [0.25, 0.3) is 0 Å². The summed E-state index contributed by atoms with van der Waals surface area (Å²) in [6.45, 7) is 3.80. The molecular formula is C12H15ClO4. The molecule has 0 spiro atoms. The third kappa shape index (κ3) is 2.82. The molecule has 1 aromatic rings. The Morgan fingerprint density at radius 3 is 2.53 bits per heavy atom. The largest absolute Gasteiger partial charge is 0.507 e. The quantitative estimate of drug-likeness (QED) is 0.815. The van der Waals surface area contributed by atoms with Crippen molar-refractivity contribution in [2.45, 2.75) is 26.7 Å². The first-order chi connectivity index (χ1) is 8.02. The van der Waals surface area contributed by atoms with E-state index in [1.54, 1.807) is 6.92 Å². The molecule has 0 aromatic heterocycles. The lowest BCUT2D eigenvalue weighted by molar-refractivity contribution is 0.0521. The molecule has 0 saturated heterocycles. The second kappa shape index (κ2) is 5.77. The lowest BCUT2D eigenvalue weighted by atomic mass is 10.0. The molecule has 0 aliphatic carbocycles. The summed E-state index contributed by atoms with van der Waals surface area (Å²) in [5.74, 6) is -1.18. The predicted octanol–water partition coefficient (Wildman–Crippen LogP) is 2.88. The number of esters is 1. The van der Waals surface area contributed by atoms with Crippen LogP contribution in [0.15, 0.2) is 6.07 Å². The van der Waals surface area contributed by atoms with E-state index in [1.165, 1.54) is 0 Å². The maximum atomic E-state index is 11.7. The van der Waals surface area contributed by atoms with Gasteiger partial charge in [-0.2, -0.15) is 0 Å². The molecule has 1 rings (SSSR count). The first-order valence-electron chi connectivity index (χ1n) is 5.43. The summed E-state index contributed by atoms with van der Waals surface area (Å²) in [6, 6.07) is 1.05. The minimum absolute atomic E-state index is 0.0384. The van der Waals surface area contributed by atoms with Gasteiger partial charge in [-0.25, -0.2) is 4.79 Å². The van der Waals surface area contributed by atoms with E-state index < -0.39 is 5.97 Å². The molecule has 17 heavy (non-hydrogen) atoms. The Kier molecular flexibility index (Phi) is 4.63. The highest BCUT2D eigenvalue weighted by molar-refractivity contribution is 6.33. The highest BCUT2D eigenvalue weighted by atomic mass is 35.5. The van der Waals surface area contributed by atoms with Crippen molar-refractivity contribution in [1.29, 1.82) is 0 Å². The van der Waals surface area contributed by atoms with Gasteiger partial charge in [-0.15, -0.1) is 0 Å². The Hall–Kier alpha value is -1.42. The standard InChI is InChI=1S/C12H15ClO4/c1-3-5-7-10(12(16)17-4-2)8(14)6-9(15)11(7)13/h6,14-15H,3-5H2,1-2H3. The van der Waals surface area contributed by atoms with Gasteiger partial charge in [0.05, 0.1) is 11.6 Å². The van der Waals surface area contributed by atoms with Gasteiger partial charge in [-0.05, 0) is 18.9 Å². The molecule has 5 heteroatoms. The number of benzene rings is 1. The van der Waals surface area contributed by atoms with Crippen LogP contribution in [-0.4, -0.2) is 22.8 Å². The number of carbonyl (C=O) groups excluding carboxylic acids is 1. The summed E-state index contributed by atoms with van der Waals surface area (Å²) >= 11 is 5.92. The third-order valence-electron chi connectivity index (χ3n) is 2.30. The average molecular weight is 259 g/mol. The highest BCUT2D eigenvalue weighted by Gasteiger charge is 2.22. The molecular weight excluding hydrogens is 244 g/mol. The molecule has 94 valence electrons. The Bertz CT molecular complexity index is 429. The Balaban J connectivity index is 3.35. The normalized spacial score (nSPS) is 10.3. The third-order valence-corrected chi connectivity index (χ3v) is 2.72. The van der Waals surface area contributed by atoms with E-state index in [0.717, 1.165) is 12.5 Å². The van der Waals surface area contributed by atoms with Crippen molar-refractivity contribution in [2.24, 2.45) is 0 Å². The van der Waals surface area contributed by atoms with Crippen molar-refractivity contribution in [3.05, 3.63) is 22.2 Å². The zero-order valence-corrected chi connectivity index (χ0v) is 10.5. The van der Waals surface area contributed by atoms with Crippen molar-refractivity contribution in [3.8, 4) is 11.5 Å². The van der Waals surface area contributed by atoms with Gasteiger partial charge in [0.2, 0.25) is 0 Å². The molecule has 1 aromatic carbocycles. The fourth-order valence-corrected chi connectivity index (χ4v) is 1.84. The second-order valence-electron chi connectivity index (χ2n) is 3.55. The predicted molar refractivity (Wildman–Crippen MR) is 64.7 cm³/mol. The number of aromatic hydroxyl groups is 2. The van der Waals surface area contributed by atoms with E-state index in [4.69, 9.17) is 16.3 Å². The van der Waals surface area contributed by atoms with Gasteiger partial charge in [0.1, 0.15) is 17.1 Å². The summed E-state index contributed by atoms with van der Waals surface area (Å²) in [7, 11) is 0. The van der Waals surface area contributed by atoms with Crippen molar-refractivity contribution in [1.82, 2.24) is 0 Å². The van der Waals surface area contributed by atoms with Gasteiger partial charge in [0.15, 0.2) is 0 Å². The molecule has 0 radical (unpaired) electrons. The fourth-order valence-electron chi connectivity index (χ4n) is 1.60. The van der Waals surface area contributed by atoms with Crippen LogP contribution in [0.4, 0.5) is 0 Å². The molecule has 0 saturated carbocycles. The highest BCUT2D eigenvalue weighted by Crippen LogP contribution is 2.37. The monoisotopic (exact) mass is 258 g/mol. The Labute approximate surface area is 105 Å². The lowest BCUT2D eigenvalue weighted by Gasteiger charge is -2.13. The minimum Gasteiger partial charge on any atom is -0.507 e. The second-order valence-corrected chi connectivity index (χ2v) is 3.93. The van der Waals surface area contributed by atoms with E-state index in [-0.39, 0.29) is 28.7 Å². The number of phenolic OH excluding ortho intramolecular Hbond substituents is 2. The number of phenols is 2. The van der Waals surface area contributed by atoms with Crippen molar-refractivity contribution >= 4 is 17.6 Å². The van der Waals surface area contributed by atoms with E-state index in [0.29, 0.717) is 12.0 Å². The minimum atomic E-state index is -0.629. The Morgan fingerprint density at radius 2 is 2.00 bits per heavy atom. The van der Waals surface area contributed by atoms with E-state index in [9.17, 15) is 15.0 Å². The smallest absolute Gasteiger partial charge is 0.342 e. The summed E-state index contributed by atoms with van der Waals surface area (Å²) in [4.78, 5) is 11.7. The maximum absolute atomic E-state index is 11.7. The van der Waals surface area contributed by atoms with Gasteiger partial charge in [0, 0.05) is 6.07 Å². The number of halogens is 1. The molecule has 0 fully saturated rings. The van der Waals surface area contributed by atoms with Crippen LogP contribution in [-0.2, 0) is 11.2 Å². The zero-order chi connectivity index (χ0) is 13.0. The number of hydrogen-bond donors (Lipinski definition) is 2. The number of rotatable bonds is 4. The zero-order valence-electron chi connectivity index (χ0n) is 9.79. The van der Waals surface area contributed by atoms with Gasteiger partial charge < -0.3 is 14.9 Å². The van der Waals surface area contributed by atoms with Crippen LogP contribution in [0.2, 0.25) is 5.02 Å². The van der Waals surface area contributed by atoms with E-state index >= 15 is 0 Å². The van der Waals surface area contributed by atoms with E-state index in [1.807, 2.05) is 6.92 Å². The number of hydrogen-bond acceptors (Lipinski definition) is 4. The summed E-state index contributed by atoms with van der Waals surface area (Å²) < 4.78 is 4.85. The Morgan fingerprint density at radius 1 is 1.35 bits per heavy atom.